The molecular formula is C49H33N3. The Hall–Kier alpha value is -6.84. The van der Waals surface area contributed by atoms with E-state index in [1.807, 2.05) is 0 Å². The van der Waals surface area contributed by atoms with Gasteiger partial charge in [-0.3, -0.25) is 0 Å². The molecule has 0 fully saturated rings. The van der Waals surface area contributed by atoms with Crippen molar-refractivity contribution in [2.24, 2.45) is 5.73 Å². The summed E-state index contributed by atoms with van der Waals surface area (Å²) in [5.41, 5.74) is 20.6. The molecule has 0 amide bonds. The lowest BCUT2D eigenvalue weighted by Gasteiger charge is -2.11. The van der Waals surface area contributed by atoms with Crippen molar-refractivity contribution in [3.63, 3.8) is 0 Å². The molecule has 52 heavy (non-hydrogen) atoms. The molecule has 0 aliphatic heterocycles. The molecule has 0 radical (unpaired) electrons. The van der Waals surface area contributed by atoms with E-state index in [0.717, 1.165) is 27.4 Å². The normalized spacial score (nSPS) is 12.9. The largest absolute Gasteiger partial charge is 0.398 e. The standard InChI is InChI=1S/C49H33N3/c1-2-30-26-35(29-41-37-16-8-9-18-39(37)49(50)47(30)41)52-45-24-22-33(28-42(45)48-36-15-7-6-12-31(36)20-25-46(48)52)32-21-23-44-40(27-32)38-17-10-11-19-43(38)51(44)34-13-4-3-5-14-34/h2-29H,50H2,1H3/b30-2-. The topological polar surface area (TPSA) is 35.9 Å². The third kappa shape index (κ3) is 3.96. The summed E-state index contributed by atoms with van der Waals surface area (Å²) >= 11 is 0. The van der Waals surface area contributed by atoms with Crippen molar-refractivity contribution >= 4 is 66.2 Å². The maximum Gasteiger partial charge on any atom is 0.0547 e. The molecule has 0 atom stereocenters. The van der Waals surface area contributed by atoms with Crippen molar-refractivity contribution < 1.29 is 0 Å². The van der Waals surface area contributed by atoms with Crippen LogP contribution in [0.2, 0.25) is 0 Å². The highest BCUT2D eigenvalue weighted by atomic mass is 15.0. The maximum absolute atomic E-state index is 6.80. The predicted molar refractivity (Wildman–Crippen MR) is 220 cm³/mol. The quantitative estimate of drug-likeness (QED) is 0.201. The minimum Gasteiger partial charge on any atom is -0.398 e. The van der Waals surface area contributed by atoms with E-state index in [0.29, 0.717) is 0 Å². The number of para-hydroxylation sites is 2. The van der Waals surface area contributed by atoms with Gasteiger partial charge in [0.25, 0.3) is 0 Å². The lowest BCUT2D eigenvalue weighted by atomic mass is 9.99. The first kappa shape index (κ1) is 28.9. The molecule has 11 rings (SSSR count). The summed E-state index contributed by atoms with van der Waals surface area (Å²) in [5, 5.41) is 9.79. The highest BCUT2D eigenvalue weighted by Gasteiger charge is 2.22. The van der Waals surface area contributed by atoms with E-state index in [9.17, 15) is 0 Å². The number of hydrogen-bond donors (Lipinski definition) is 1. The fraction of sp³-hybridized carbons (Fsp3) is 0.0204. The van der Waals surface area contributed by atoms with Crippen LogP contribution in [-0.2, 0) is 0 Å². The van der Waals surface area contributed by atoms with Crippen LogP contribution < -0.4 is 16.2 Å². The second kappa shape index (κ2) is 10.8. The van der Waals surface area contributed by atoms with E-state index in [-0.39, 0.29) is 0 Å². The second-order valence-corrected chi connectivity index (χ2v) is 13.9. The van der Waals surface area contributed by atoms with E-state index in [2.05, 4.69) is 186 Å². The molecule has 2 aromatic heterocycles. The van der Waals surface area contributed by atoms with Gasteiger partial charge in [0.2, 0.25) is 0 Å². The molecule has 1 aliphatic carbocycles. The zero-order valence-corrected chi connectivity index (χ0v) is 28.6. The molecular weight excluding hydrogens is 631 g/mol. The number of aromatic nitrogens is 2. The highest BCUT2D eigenvalue weighted by molar-refractivity contribution is 6.22. The van der Waals surface area contributed by atoms with Crippen LogP contribution in [0.5, 0.6) is 0 Å². The van der Waals surface area contributed by atoms with Crippen LogP contribution in [-0.4, -0.2) is 9.13 Å². The van der Waals surface area contributed by atoms with Crippen LogP contribution in [0.3, 0.4) is 0 Å². The lowest BCUT2D eigenvalue weighted by Crippen LogP contribution is -2.29. The minimum absolute atomic E-state index is 0.854. The third-order valence-electron chi connectivity index (χ3n) is 11.2. The summed E-state index contributed by atoms with van der Waals surface area (Å²) in [6.07, 6.45) is 2.19. The molecule has 0 saturated carbocycles. The van der Waals surface area contributed by atoms with Gasteiger partial charge in [-0.2, -0.15) is 0 Å². The van der Waals surface area contributed by atoms with Crippen LogP contribution in [0, 0.1) is 0 Å². The molecule has 244 valence electrons. The Morgan fingerprint density at radius 1 is 0.442 bits per heavy atom. The van der Waals surface area contributed by atoms with E-state index in [4.69, 9.17) is 5.73 Å². The second-order valence-electron chi connectivity index (χ2n) is 13.9. The van der Waals surface area contributed by atoms with Crippen molar-refractivity contribution in [1.82, 2.24) is 9.13 Å². The summed E-state index contributed by atoms with van der Waals surface area (Å²) < 4.78 is 4.82. The van der Waals surface area contributed by atoms with Crippen LogP contribution in [0.15, 0.2) is 164 Å². The number of fused-ring (bicyclic) bond motifs is 11. The van der Waals surface area contributed by atoms with Crippen molar-refractivity contribution in [1.29, 1.82) is 0 Å². The third-order valence-corrected chi connectivity index (χ3v) is 11.2. The zero-order valence-electron chi connectivity index (χ0n) is 28.6. The minimum atomic E-state index is 0.854. The predicted octanol–water partition coefficient (Wildman–Crippen LogP) is 10.6. The molecule has 1 aliphatic rings. The van der Waals surface area contributed by atoms with Gasteiger partial charge in [-0.15, -0.1) is 0 Å². The molecule has 0 saturated heterocycles. The Morgan fingerprint density at radius 3 is 1.87 bits per heavy atom. The first-order chi connectivity index (χ1) is 25.7. The fourth-order valence-corrected chi connectivity index (χ4v) is 8.86. The number of hydrogen-bond acceptors (Lipinski definition) is 1. The van der Waals surface area contributed by atoms with Gasteiger partial charge in [-0.1, -0.05) is 109 Å². The Labute approximate surface area is 300 Å². The van der Waals surface area contributed by atoms with Gasteiger partial charge in [0, 0.05) is 49.4 Å². The van der Waals surface area contributed by atoms with E-state index in [1.165, 1.54) is 82.3 Å². The molecule has 0 unspecified atom stereocenters. The van der Waals surface area contributed by atoms with E-state index < -0.39 is 0 Å². The monoisotopic (exact) mass is 663 g/mol. The maximum atomic E-state index is 6.80. The van der Waals surface area contributed by atoms with Gasteiger partial charge >= 0.3 is 0 Å². The number of nitrogens with two attached hydrogens (primary N) is 1. The van der Waals surface area contributed by atoms with Crippen molar-refractivity contribution in [3.8, 4) is 33.6 Å². The Morgan fingerprint density at radius 2 is 1.06 bits per heavy atom. The molecule has 3 heteroatoms. The number of benzene rings is 8. The Balaban J connectivity index is 1.18. The Bertz CT molecular complexity index is 3250. The molecule has 8 aromatic carbocycles. The molecule has 2 heterocycles. The van der Waals surface area contributed by atoms with Gasteiger partial charge in [0.05, 0.1) is 22.1 Å². The average Bonchev–Trinajstić information content (AvgIpc) is 3.83. The summed E-state index contributed by atoms with van der Waals surface area (Å²) in [6.45, 7) is 2.11. The van der Waals surface area contributed by atoms with Gasteiger partial charge in [0.1, 0.15) is 0 Å². The molecule has 10 aromatic rings. The van der Waals surface area contributed by atoms with Crippen LogP contribution >= 0.6 is 0 Å². The summed E-state index contributed by atoms with van der Waals surface area (Å²) in [7, 11) is 0. The SMILES string of the molecule is C/C=c1/cc(-n2c3ccc(-c4ccc5c(c4)c4ccccc4n5-c4ccccc4)cc3c3c4ccccc4ccc32)cc2c1=C(N)c1ccccc1-2. The first-order valence-corrected chi connectivity index (χ1v) is 17.9. The average molecular weight is 664 g/mol. The van der Waals surface area contributed by atoms with Gasteiger partial charge in [0.15, 0.2) is 0 Å². The van der Waals surface area contributed by atoms with Crippen molar-refractivity contribution in [2.75, 3.05) is 0 Å². The number of nitrogens with zero attached hydrogens (tertiary/aromatic N) is 2. The number of rotatable bonds is 3. The Kier molecular flexibility index (Phi) is 6.03. The molecule has 3 nitrogen and oxygen atoms in total. The van der Waals surface area contributed by atoms with Gasteiger partial charge in [-0.25, -0.2) is 0 Å². The zero-order chi connectivity index (χ0) is 34.5. The smallest absolute Gasteiger partial charge is 0.0547 e. The van der Waals surface area contributed by atoms with Gasteiger partial charge < -0.3 is 14.9 Å². The van der Waals surface area contributed by atoms with Crippen molar-refractivity contribution in [3.05, 3.63) is 180 Å². The fourth-order valence-electron chi connectivity index (χ4n) is 8.86. The van der Waals surface area contributed by atoms with Crippen LogP contribution in [0.1, 0.15) is 12.5 Å². The van der Waals surface area contributed by atoms with Crippen LogP contribution in [0.25, 0.3) is 99.8 Å². The first-order valence-electron chi connectivity index (χ1n) is 17.9. The van der Waals surface area contributed by atoms with Crippen LogP contribution in [0.4, 0.5) is 0 Å². The summed E-state index contributed by atoms with van der Waals surface area (Å²) in [5.74, 6) is 0. The van der Waals surface area contributed by atoms with E-state index in [1.54, 1.807) is 0 Å². The molecule has 2 N–H and O–H groups in total. The molecule has 0 bridgehead atoms. The van der Waals surface area contributed by atoms with Gasteiger partial charge in [-0.05, 0) is 106 Å². The van der Waals surface area contributed by atoms with Crippen molar-refractivity contribution in [2.45, 2.75) is 6.92 Å². The summed E-state index contributed by atoms with van der Waals surface area (Å²) in [4.78, 5) is 0. The lowest BCUT2D eigenvalue weighted by molar-refractivity contribution is 1.17. The summed E-state index contributed by atoms with van der Waals surface area (Å²) in [6, 6.07) is 59.8. The van der Waals surface area contributed by atoms with E-state index >= 15 is 0 Å². The molecule has 0 spiro atoms. The highest BCUT2D eigenvalue weighted by Crippen LogP contribution is 2.41.